The van der Waals surface area contributed by atoms with Gasteiger partial charge in [-0.05, 0) is 60.0 Å². The average Bonchev–Trinajstić information content (AvgIpc) is 3.36. The van der Waals surface area contributed by atoms with Crippen LogP contribution in [0.25, 0.3) is 22.1 Å². The van der Waals surface area contributed by atoms with E-state index in [2.05, 4.69) is 0 Å². The van der Waals surface area contributed by atoms with Gasteiger partial charge in [0.2, 0.25) is 5.91 Å². The Balaban J connectivity index is 1.67. The van der Waals surface area contributed by atoms with Crippen LogP contribution in [0.5, 0.6) is 5.75 Å². The number of halogens is 1. The largest absolute Gasteiger partial charge is 0.489 e. The second-order valence-corrected chi connectivity index (χ2v) is 8.33. The minimum absolute atomic E-state index is 0.00412. The summed E-state index contributed by atoms with van der Waals surface area (Å²) in [7, 11) is 0. The summed E-state index contributed by atoms with van der Waals surface area (Å²) in [5, 5.41) is 0.865. The third-order valence-electron chi connectivity index (χ3n) is 5.79. The van der Waals surface area contributed by atoms with Gasteiger partial charge in [-0.1, -0.05) is 24.3 Å². The molecule has 0 fully saturated rings. The van der Waals surface area contributed by atoms with Gasteiger partial charge in [-0.15, -0.1) is 0 Å². The molecule has 3 aromatic carbocycles. The predicted molar refractivity (Wildman–Crippen MR) is 134 cm³/mol. The first-order valence-corrected chi connectivity index (χ1v) is 11.5. The average molecular weight is 491 g/mol. The quantitative estimate of drug-likeness (QED) is 0.307. The van der Waals surface area contributed by atoms with Crippen LogP contribution < -0.4 is 16.2 Å². The second kappa shape index (κ2) is 11.0. The Bertz CT molecular complexity index is 1400. The minimum atomic E-state index is -0.709. The molecule has 1 amide bonds. The molecule has 4 N–H and O–H groups in total. The van der Waals surface area contributed by atoms with Gasteiger partial charge >= 0.3 is 5.97 Å². The zero-order valence-corrected chi connectivity index (χ0v) is 19.8. The van der Waals surface area contributed by atoms with Crippen LogP contribution in [0.1, 0.15) is 40.0 Å². The SMILES string of the molecule is CCOC(=O)Cc1ccc(C(N)=O)cc1OCc1cc(-c2cccc(C(N)CF)c2)c2occc2c1. The van der Waals surface area contributed by atoms with Crippen molar-refractivity contribution in [2.75, 3.05) is 13.3 Å². The molecule has 0 aliphatic carbocycles. The molecular formula is C28H27FN2O5. The van der Waals surface area contributed by atoms with Crippen molar-refractivity contribution in [3.05, 3.63) is 89.2 Å². The molecule has 1 atom stereocenters. The van der Waals surface area contributed by atoms with Gasteiger partial charge in [0, 0.05) is 22.1 Å². The fourth-order valence-corrected chi connectivity index (χ4v) is 3.98. The second-order valence-electron chi connectivity index (χ2n) is 8.33. The Kier molecular flexibility index (Phi) is 7.65. The number of fused-ring (bicyclic) bond motifs is 1. The van der Waals surface area contributed by atoms with E-state index in [-0.39, 0.29) is 25.2 Å². The molecule has 0 aliphatic rings. The van der Waals surface area contributed by atoms with Crippen LogP contribution in [0.15, 0.2) is 71.3 Å². The van der Waals surface area contributed by atoms with Crippen molar-refractivity contribution < 1.29 is 27.9 Å². The molecular weight excluding hydrogens is 463 g/mol. The highest BCUT2D eigenvalue weighted by Gasteiger charge is 2.15. The molecule has 36 heavy (non-hydrogen) atoms. The number of hydrogen-bond acceptors (Lipinski definition) is 6. The molecule has 4 aromatic rings. The van der Waals surface area contributed by atoms with Crippen molar-refractivity contribution in [3.63, 3.8) is 0 Å². The van der Waals surface area contributed by atoms with Gasteiger partial charge < -0.3 is 25.4 Å². The lowest BCUT2D eigenvalue weighted by molar-refractivity contribution is -0.142. The van der Waals surface area contributed by atoms with Crippen molar-refractivity contribution in [3.8, 4) is 16.9 Å². The van der Waals surface area contributed by atoms with E-state index in [1.165, 1.54) is 6.07 Å². The summed E-state index contributed by atoms with van der Waals surface area (Å²) in [6.45, 7) is 1.48. The maximum absolute atomic E-state index is 13.2. The maximum Gasteiger partial charge on any atom is 0.310 e. The van der Waals surface area contributed by atoms with Crippen LogP contribution in [0.2, 0.25) is 0 Å². The lowest BCUT2D eigenvalue weighted by Crippen LogP contribution is -2.13. The van der Waals surface area contributed by atoms with Gasteiger partial charge in [-0.25, -0.2) is 4.39 Å². The summed E-state index contributed by atoms with van der Waals surface area (Å²) in [6.07, 6.45) is 1.60. The van der Waals surface area contributed by atoms with Crippen molar-refractivity contribution in [2.24, 2.45) is 11.5 Å². The zero-order valence-electron chi connectivity index (χ0n) is 19.8. The van der Waals surface area contributed by atoms with E-state index in [0.29, 0.717) is 22.5 Å². The number of esters is 1. The van der Waals surface area contributed by atoms with Crippen LogP contribution in [0.4, 0.5) is 4.39 Å². The van der Waals surface area contributed by atoms with Gasteiger partial charge in [0.1, 0.15) is 24.6 Å². The summed E-state index contributed by atoms with van der Waals surface area (Å²) in [5.41, 5.74) is 16.0. The first kappa shape index (κ1) is 24.9. The summed E-state index contributed by atoms with van der Waals surface area (Å²) < 4.78 is 30.0. The molecule has 7 nitrogen and oxygen atoms in total. The third kappa shape index (κ3) is 5.55. The molecule has 4 rings (SSSR count). The van der Waals surface area contributed by atoms with Gasteiger partial charge in [0.25, 0.3) is 0 Å². The minimum Gasteiger partial charge on any atom is -0.489 e. The van der Waals surface area contributed by atoms with E-state index in [1.54, 1.807) is 31.4 Å². The number of hydrogen-bond donors (Lipinski definition) is 2. The number of alkyl halides is 1. The van der Waals surface area contributed by atoms with Crippen molar-refractivity contribution in [2.45, 2.75) is 26.0 Å². The molecule has 8 heteroatoms. The number of ether oxygens (including phenoxy) is 2. The van der Waals surface area contributed by atoms with E-state index >= 15 is 0 Å². The Hall–Kier alpha value is -4.17. The molecule has 1 aromatic heterocycles. The van der Waals surface area contributed by atoms with Gasteiger partial charge in [0.15, 0.2) is 0 Å². The van der Waals surface area contributed by atoms with Crippen LogP contribution in [-0.4, -0.2) is 25.2 Å². The number of rotatable bonds is 10. The predicted octanol–water partition coefficient (Wildman–Crippen LogP) is 4.85. The van der Waals surface area contributed by atoms with Gasteiger partial charge in [-0.2, -0.15) is 0 Å². The van der Waals surface area contributed by atoms with E-state index in [1.807, 2.05) is 36.4 Å². The molecule has 0 saturated carbocycles. The molecule has 0 spiro atoms. The summed E-state index contributed by atoms with van der Waals surface area (Å²) in [5.74, 6) is -0.636. The van der Waals surface area contributed by atoms with E-state index < -0.39 is 24.6 Å². The van der Waals surface area contributed by atoms with Crippen LogP contribution >= 0.6 is 0 Å². The Labute approximate surface area is 207 Å². The third-order valence-corrected chi connectivity index (χ3v) is 5.79. The van der Waals surface area contributed by atoms with Crippen molar-refractivity contribution >= 4 is 22.8 Å². The Morgan fingerprint density at radius 2 is 1.92 bits per heavy atom. The fourth-order valence-electron chi connectivity index (χ4n) is 3.98. The highest BCUT2D eigenvalue weighted by atomic mass is 19.1. The Morgan fingerprint density at radius 1 is 1.08 bits per heavy atom. The molecule has 0 bridgehead atoms. The first-order chi connectivity index (χ1) is 17.4. The first-order valence-electron chi connectivity index (χ1n) is 11.5. The highest BCUT2D eigenvalue weighted by Crippen LogP contribution is 2.33. The lowest BCUT2D eigenvalue weighted by atomic mass is 9.97. The van der Waals surface area contributed by atoms with E-state index in [4.69, 9.17) is 25.4 Å². The zero-order chi connectivity index (χ0) is 25.7. The molecule has 186 valence electrons. The number of carbonyl (C=O) groups excluding carboxylic acids is 2. The molecule has 0 saturated heterocycles. The number of carbonyl (C=O) groups is 2. The summed E-state index contributed by atoms with van der Waals surface area (Å²) in [4.78, 5) is 23.8. The number of nitrogens with two attached hydrogens (primary N) is 2. The molecule has 0 aliphatic heterocycles. The van der Waals surface area contributed by atoms with Crippen LogP contribution in [-0.2, 0) is 22.6 Å². The molecule has 1 unspecified atom stereocenters. The maximum atomic E-state index is 13.2. The van der Waals surface area contributed by atoms with E-state index in [9.17, 15) is 14.0 Å². The lowest BCUT2D eigenvalue weighted by Gasteiger charge is -2.14. The number of benzene rings is 3. The summed E-state index contributed by atoms with van der Waals surface area (Å²) >= 11 is 0. The monoisotopic (exact) mass is 490 g/mol. The standard InChI is InChI=1S/C28H27FN2O5/c1-2-34-26(32)14-20-6-7-22(28(31)33)13-25(20)36-16-17-10-21-8-9-35-27(21)23(11-17)18-4-3-5-19(12-18)24(30)15-29/h3-13,24H,2,14-16,30H2,1H3,(H2,31,33). The number of furan rings is 1. The number of amides is 1. The fraction of sp³-hybridized carbons (Fsp3) is 0.214. The van der Waals surface area contributed by atoms with Gasteiger partial charge in [-0.3, -0.25) is 9.59 Å². The van der Waals surface area contributed by atoms with Crippen LogP contribution in [0.3, 0.4) is 0 Å². The van der Waals surface area contributed by atoms with Crippen molar-refractivity contribution in [1.29, 1.82) is 0 Å². The molecule has 1 heterocycles. The van der Waals surface area contributed by atoms with Crippen molar-refractivity contribution in [1.82, 2.24) is 0 Å². The highest BCUT2D eigenvalue weighted by molar-refractivity contribution is 5.94. The van der Waals surface area contributed by atoms with Gasteiger partial charge in [0.05, 0.1) is 25.3 Å². The molecule has 0 radical (unpaired) electrons. The Morgan fingerprint density at radius 3 is 2.67 bits per heavy atom. The topological polar surface area (TPSA) is 118 Å². The summed E-state index contributed by atoms with van der Waals surface area (Å²) in [6, 6.07) is 17.1. The van der Waals surface area contributed by atoms with E-state index in [0.717, 1.165) is 22.1 Å². The normalized spacial score (nSPS) is 11.9. The smallest absolute Gasteiger partial charge is 0.310 e. The number of primary amides is 1. The van der Waals surface area contributed by atoms with Crippen LogP contribution in [0, 0.1) is 0 Å².